The number of aryl methyl sites for hydroxylation is 1. The minimum atomic E-state index is -0.0919. The van der Waals surface area contributed by atoms with E-state index in [-0.39, 0.29) is 12.0 Å². The zero-order valence-electron chi connectivity index (χ0n) is 14.1. The van der Waals surface area contributed by atoms with Crippen molar-refractivity contribution in [3.63, 3.8) is 0 Å². The van der Waals surface area contributed by atoms with E-state index in [1.807, 2.05) is 24.3 Å². The Morgan fingerprint density at radius 2 is 2.24 bits per heavy atom. The summed E-state index contributed by atoms with van der Waals surface area (Å²) in [6.07, 6.45) is 3.68. The van der Waals surface area contributed by atoms with Crippen molar-refractivity contribution in [2.24, 2.45) is 0 Å². The molecule has 2 aromatic heterocycles. The molecule has 1 unspecified atom stereocenters. The van der Waals surface area contributed by atoms with Crippen LogP contribution in [0.4, 0.5) is 0 Å². The van der Waals surface area contributed by atoms with E-state index < -0.39 is 0 Å². The van der Waals surface area contributed by atoms with E-state index in [9.17, 15) is 4.79 Å². The molecule has 3 aromatic rings. The summed E-state index contributed by atoms with van der Waals surface area (Å²) in [5.74, 6) is 1.20. The molecule has 6 heteroatoms. The molecule has 4 rings (SSSR count). The Morgan fingerprint density at radius 3 is 3.00 bits per heavy atom. The minimum absolute atomic E-state index is 0.0668. The quantitative estimate of drug-likeness (QED) is 0.710. The van der Waals surface area contributed by atoms with Crippen molar-refractivity contribution in [1.29, 1.82) is 0 Å². The average Bonchev–Trinajstić information content (AvgIpc) is 3.34. The van der Waals surface area contributed by atoms with Gasteiger partial charge in [0.15, 0.2) is 11.5 Å². The highest BCUT2D eigenvalue weighted by Crippen LogP contribution is 2.23. The Hall–Kier alpha value is -2.60. The number of ether oxygens (including phenoxy) is 1. The number of hydrogen-bond donors (Lipinski definition) is 0. The van der Waals surface area contributed by atoms with Crippen LogP contribution in [-0.4, -0.2) is 35.0 Å². The minimum Gasteiger partial charge on any atom is -0.467 e. The molecule has 1 fully saturated rings. The van der Waals surface area contributed by atoms with Crippen LogP contribution in [0.25, 0.3) is 11.1 Å². The Morgan fingerprint density at radius 1 is 1.32 bits per heavy atom. The third-order valence-corrected chi connectivity index (χ3v) is 4.42. The summed E-state index contributed by atoms with van der Waals surface area (Å²) in [7, 11) is 0. The Balaban J connectivity index is 1.65. The largest absolute Gasteiger partial charge is 0.467 e. The summed E-state index contributed by atoms with van der Waals surface area (Å²) in [6, 6.07) is 9.13. The molecule has 1 aliphatic rings. The van der Waals surface area contributed by atoms with Crippen LogP contribution >= 0.6 is 0 Å². The number of carbonyl (C=O) groups excluding carboxylic acids is 1. The van der Waals surface area contributed by atoms with E-state index in [0.29, 0.717) is 35.6 Å². The molecule has 1 atom stereocenters. The number of benzene rings is 1. The summed E-state index contributed by atoms with van der Waals surface area (Å²) in [6.45, 7) is 3.47. The van der Waals surface area contributed by atoms with Gasteiger partial charge in [-0.15, -0.1) is 0 Å². The topological polar surface area (TPSA) is 68.7 Å². The van der Waals surface area contributed by atoms with Crippen molar-refractivity contribution in [2.45, 2.75) is 32.4 Å². The first kappa shape index (κ1) is 15.9. The lowest BCUT2D eigenvalue weighted by atomic mass is 10.1. The molecule has 0 aliphatic carbocycles. The molecule has 1 saturated heterocycles. The fourth-order valence-corrected chi connectivity index (χ4v) is 3.25. The van der Waals surface area contributed by atoms with Crippen molar-refractivity contribution >= 4 is 17.0 Å². The number of furan rings is 1. The lowest BCUT2D eigenvalue weighted by Gasteiger charge is -2.24. The predicted molar refractivity (Wildman–Crippen MR) is 91.2 cm³/mol. The van der Waals surface area contributed by atoms with Gasteiger partial charge in [-0.2, -0.15) is 0 Å². The Labute approximate surface area is 145 Å². The second kappa shape index (κ2) is 6.72. The number of nitrogens with zero attached hydrogens (tertiary/aromatic N) is 2. The molecular weight excluding hydrogens is 320 g/mol. The summed E-state index contributed by atoms with van der Waals surface area (Å²) in [5, 5.41) is 0. The standard InChI is InChI=1S/C19H20N2O4/c1-13-20-18-16(7-2-8-17(18)25-13)19(22)21(11-14-5-3-9-23-14)12-15-6-4-10-24-15/h2-3,5,7-9,15H,4,6,10-12H2,1H3. The maximum absolute atomic E-state index is 13.2. The van der Waals surface area contributed by atoms with Crippen molar-refractivity contribution in [3.05, 3.63) is 53.8 Å². The van der Waals surface area contributed by atoms with E-state index in [4.69, 9.17) is 13.6 Å². The van der Waals surface area contributed by atoms with E-state index in [1.54, 1.807) is 24.2 Å². The first-order valence-corrected chi connectivity index (χ1v) is 8.50. The van der Waals surface area contributed by atoms with Crippen LogP contribution in [0.1, 0.15) is 34.9 Å². The Kier molecular flexibility index (Phi) is 4.28. The van der Waals surface area contributed by atoms with Crippen LogP contribution in [0.3, 0.4) is 0 Å². The molecule has 0 radical (unpaired) electrons. The smallest absolute Gasteiger partial charge is 0.256 e. The summed E-state index contributed by atoms with van der Waals surface area (Å²) in [4.78, 5) is 19.4. The number of hydrogen-bond acceptors (Lipinski definition) is 5. The third-order valence-electron chi connectivity index (χ3n) is 4.42. The van der Waals surface area contributed by atoms with Crippen molar-refractivity contribution in [3.8, 4) is 0 Å². The maximum atomic E-state index is 13.2. The van der Waals surface area contributed by atoms with Crippen molar-refractivity contribution in [2.75, 3.05) is 13.2 Å². The first-order chi connectivity index (χ1) is 12.2. The van der Waals surface area contributed by atoms with Crippen LogP contribution in [0.15, 0.2) is 45.4 Å². The molecule has 1 aromatic carbocycles. The fourth-order valence-electron chi connectivity index (χ4n) is 3.25. The lowest BCUT2D eigenvalue weighted by Crippen LogP contribution is -2.37. The molecule has 0 spiro atoms. The Bertz CT molecular complexity index is 863. The van der Waals surface area contributed by atoms with Crippen LogP contribution < -0.4 is 0 Å². The predicted octanol–water partition coefficient (Wildman–Crippen LogP) is 3.55. The van der Waals surface area contributed by atoms with Gasteiger partial charge in [0, 0.05) is 20.1 Å². The molecule has 3 heterocycles. The van der Waals surface area contributed by atoms with E-state index in [1.165, 1.54) is 0 Å². The third kappa shape index (κ3) is 3.30. The van der Waals surface area contributed by atoms with Crippen LogP contribution in [0.2, 0.25) is 0 Å². The number of oxazole rings is 1. The van der Waals surface area contributed by atoms with Crippen LogP contribution in [0, 0.1) is 6.92 Å². The normalized spacial score (nSPS) is 17.2. The van der Waals surface area contributed by atoms with E-state index >= 15 is 0 Å². The molecule has 6 nitrogen and oxygen atoms in total. The highest BCUT2D eigenvalue weighted by Gasteiger charge is 2.26. The van der Waals surface area contributed by atoms with Gasteiger partial charge in [-0.25, -0.2) is 4.98 Å². The number of carbonyl (C=O) groups is 1. The van der Waals surface area contributed by atoms with Gasteiger partial charge in [0.1, 0.15) is 11.3 Å². The van der Waals surface area contributed by atoms with Crippen LogP contribution in [0.5, 0.6) is 0 Å². The van der Waals surface area contributed by atoms with Gasteiger partial charge >= 0.3 is 0 Å². The number of fused-ring (bicyclic) bond motifs is 1. The number of amides is 1. The van der Waals surface area contributed by atoms with Gasteiger partial charge in [-0.1, -0.05) is 6.07 Å². The second-order valence-corrected chi connectivity index (χ2v) is 6.29. The molecule has 130 valence electrons. The van der Waals surface area contributed by atoms with Crippen molar-refractivity contribution in [1.82, 2.24) is 9.88 Å². The van der Waals surface area contributed by atoms with Gasteiger partial charge in [0.05, 0.1) is 24.5 Å². The summed E-state index contributed by atoms with van der Waals surface area (Å²) in [5.41, 5.74) is 1.76. The second-order valence-electron chi connectivity index (χ2n) is 6.29. The van der Waals surface area contributed by atoms with Crippen LogP contribution in [-0.2, 0) is 11.3 Å². The number of aromatic nitrogens is 1. The molecule has 0 N–H and O–H groups in total. The molecule has 0 bridgehead atoms. The summed E-state index contributed by atoms with van der Waals surface area (Å²) < 4.78 is 16.7. The summed E-state index contributed by atoms with van der Waals surface area (Å²) >= 11 is 0. The highest BCUT2D eigenvalue weighted by molar-refractivity contribution is 6.04. The molecule has 0 saturated carbocycles. The van der Waals surface area contributed by atoms with E-state index in [2.05, 4.69) is 4.98 Å². The SMILES string of the molecule is Cc1nc2c(C(=O)N(Cc3ccco3)CC3CCCO3)cccc2o1. The molecular formula is C19H20N2O4. The average molecular weight is 340 g/mol. The molecule has 1 aliphatic heterocycles. The zero-order chi connectivity index (χ0) is 17.2. The molecule has 1 amide bonds. The lowest BCUT2D eigenvalue weighted by molar-refractivity contribution is 0.0493. The first-order valence-electron chi connectivity index (χ1n) is 8.50. The zero-order valence-corrected chi connectivity index (χ0v) is 14.1. The highest BCUT2D eigenvalue weighted by atomic mass is 16.5. The van der Waals surface area contributed by atoms with Gasteiger partial charge in [0.25, 0.3) is 5.91 Å². The van der Waals surface area contributed by atoms with Gasteiger partial charge in [0.2, 0.25) is 0 Å². The van der Waals surface area contributed by atoms with Gasteiger partial charge < -0.3 is 18.5 Å². The monoisotopic (exact) mass is 340 g/mol. The van der Waals surface area contributed by atoms with Crippen molar-refractivity contribution < 1.29 is 18.4 Å². The molecule has 25 heavy (non-hydrogen) atoms. The van der Waals surface area contributed by atoms with E-state index in [0.717, 1.165) is 25.2 Å². The number of para-hydroxylation sites is 1. The fraction of sp³-hybridized carbons (Fsp3) is 0.368. The van der Waals surface area contributed by atoms with Gasteiger partial charge in [-0.3, -0.25) is 4.79 Å². The maximum Gasteiger partial charge on any atom is 0.256 e. The van der Waals surface area contributed by atoms with Gasteiger partial charge in [-0.05, 0) is 37.1 Å². The number of rotatable bonds is 5.